The van der Waals surface area contributed by atoms with E-state index in [9.17, 15) is 4.79 Å². The first-order chi connectivity index (χ1) is 12.1. The fourth-order valence-electron chi connectivity index (χ4n) is 6.12. The van der Waals surface area contributed by atoms with Crippen LogP contribution < -0.4 is 5.43 Å². The molecule has 3 heteroatoms. The molecule has 3 nitrogen and oxygen atoms in total. The molecule has 0 radical (unpaired) electrons. The van der Waals surface area contributed by atoms with Gasteiger partial charge in [-0.05, 0) is 69.6 Å². The number of rotatable bonds is 10. The van der Waals surface area contributed by atoms with Crippen LogP contribution in [0.2, 0.25) is 0 Å². The molecule has 0 aromatic rings. The van der Waals surface area contributed by atoms with Crippen LogP contribution in [-0.2, 0) is 4.79 Å². The molecule has 25 heavy (non-hydrogen) atoms. The standard InChI is InChI=1S/C22H38N2O/c1-3-4-5-6-7-8-9-10-21(25)24-23-17(2)22-14-18-11-19(15-22)13-20(12-18)16-22/h18-20H,3-16H2,1-2H3,(H,24,25)/b23-17-. The molecule has 0 aliphatic heterocycles. The number of hydrogen-bond donors (Lipinski definition) is 1. The van der Waals surface area contributed by atoms with Gasteiger partial charge in [0.05, 0.1) is 0 Å². The molecule has 0 aromatic carbocycles. The van der Waals surface area contributed by atoms with Crippen molar-refractivity contribution >= 4 is 11.6 Å². The zero-order valence-electron chi connectivity index (χ0n) is 16.5. The van der Waals surface area contributed by atoms with Crippen molar-refractivity contribution in [3.8, 4) is 0 Å². The number of unbranched alkanes of at least 4 members (excludes halogenated alkanes) is 6. The summed E-state index contributed by atoms with van der Waals surface area (Å²) in [5, 5.41) is 4.57. The van der Waals surface area contributed by atoms with E-state index >= 15 is 0 Å². The average molecular weight is 347 g/mol. The third-order valence-corrected chi connectivity index (χ3v) is 7.16. The van der Waals surface area contributed by atoms with E-state index < -0.39 is 0 Å². The molecule has 4 aliphatic rings. The molecule has 4 aliphatic carbocycles. The van der Waals surface area contributed by atoms with Crippen molar-refractivity contribution in [1.29, 1.82) is 0 Å². The molecule has 0 saturated heterocycles. The maximum Gasteiger partial charge on any atom is 0.240 e. The van der Waals surface area contributed by atoms with Crippen LogP contribution in [0, 0.1) is 23.2 Å². The quantitative estimate of drug-likeness (QED) is 0.301. The van der Waals surface area contributed by atoms with E-state index in [4.69, 9.17) is 0 Å². The Balaban J connectivity index is 1.37. The van der Waals surface area contributed by atoms with Gasteiger partial charge in [-0.15, -0.1) is 0 Å². The summed E-state index contributed by atoms with van der Waals surface area (Å²) in [6, 6.07) is 0. The molecule has 0 aromatic heterocycles. The van der Waals surface area contributed by atoms with Crippen LogP contribution in [-0.4, -0.2) is 11.6 Å². The molecule has 1 N–H and O–H groups in total. The minimum absolute atomic E-state index is 0.109. The van der Waals surface area contributed by atoms with Crippen LogP contribution in [0.5, 0.6) is 0 Å². The third kappa shape index (κ3) is 4.86. The monoisotopic (exact) mass is 346 g/mol. The van der Waals surface area contributed by atoms with Gasteiger partial charge in [-0.1, -0.05) is 45.4 Å². The van der Waals surface area contributed by atoms with E-state index in [2.05, 4.69) is 24.4 Å². The van der Waals surface area contributed by atoms with Gasteiger partial charge in [0.15, 0.2) is 0 Å². The highest BCUT2D eigenvalue weighted by atomic mass is 16.2. The van der Waals surface area contributed by atoms with Crippen LogP contribution in [0.3, 0.4) is 0 Å². The molecule has 4 rings (SSSR count). The Labute approximate surface area is 154 Å². The van der Waals surface area contributed by atoms with E-state index in [0.29, 0.717) is 11.8 Å². The largest absolute Gasteiger partial charge is 0.273 e. The van der Waals surface area contributed by atoms with Gasteiger partial charge in [0.2, 0.25) is 5.91 Å². The maximum absolute atomic E-state index is 12.1. The fourth-order valence-corrected chi connectivity index (χ4v) is 6.12. The summed E-state index contributed by atoms with van der Waals surface area (Å²) in [5.41, 5.74) is 4.40. The summed E-state index contributed by atoms with van der Waals surface area (Å²) < 4.78 is 0. The summed E-state index contributed by atoms with van der Waals surface area (Å²) in [4.78, 5) is 12.1. The highest BCUT2D eigenvalue weighted by Gasteiger charge is 2.52. The van der Waals surface area contributed by atoms with Crippen LogP contribution in [0.25, 0.3) is 0 Å². The lowest BCUT2D eigenvalue weighted by atomic mass is 9.48. The molecular weight excluding hydrogens is 308 g/mol. The highest BCUT2D eigenvalue weighted by molar-refractivity contribution is 5.89. The molecule has 0 atom stereocenters. The first-order valence-corrected chi connectivity index (χ1v) is 10.9. The Hall–Kier alpha value is -0.860. The van der Waals surface area contributed by atoms with E-state index in [1.807, 2.05) is 0 Å². The van der Waals surface area contributed by atoms with Crippen LogP contribution in [0.4, 0.5) is 0 Å². The summed E-state index contributed by atoms with van der Waals surface area (Å²) in [6.07, 6.45) is 17.7. The van der Waals surface area contributed by atoms with Gasteiger partial charge >= 0.3 is 0 Å². The summed E-state index contributed by atoms with van der Waals surface area (Å²) in [5.74, 6) is 2.90. The Kier molecular flexibility index (Phi) is 6.57. The van der Waals surface area contributed by atoms with Gasteiger partial charge in [-0.3, -0.25) is 4.79 Å². The molecule has 4 fully saturated rings. The molecule has 0 heterocycles. The number of amides is 1. The number of nitrogens with zero attached hydrogens (tertiary/aromatic N) is 1. The number of nitrogens with one attached hydrogen (secondary N) is 1. The van der Waals surface area contributed by atoms with Gasteiger partial charge in [-0.25, -0.2) is 5.43 Å². The smallest absolute Gasteiger partial charge is 0.240 e. The van der Waals surface area contributed by atoms with Gasteiger partial charge in [-0.2, -0.15) is 5.10 Å². The number of carbonyl (C=O) groups is 1. The van der Waals surface area contributed by atoms with Gasteiger partial charge in [0.1, 0.15) is 0 Å². The highest BCUT2D eigenvalue weighted by Crippen LogP contribution is 2.60. The number of hydrogen-bond acceptors (Lipinski definition) is 2. The maximum atomic E-state index is 12.1. The van der Waals surface area contributed by atoms with Crippen LogP contribution in [0.1, 0.15) is 104 Å². The van der Waals surface area contributed by atoms with Gasteiger partial charge in [0.25, 0.3) is 0 Å². The third-order valence-electron chi connectivity index (χ3n) is 7.16. The SMILES string of the molecule is CCCCCCCCCC(=O)N/N=C(/C)C12CC3CC(CC(C3)C1)C2. The Morgan fingerprint density at radius 1 is 0.920 bits per heavy atom. The Bertz CT molecular complexity index is 447. The topological polar surface area (TPSA) is 41.5 Å². The van der Waals surface area contributed by atoms with E-state index in [1.165, 1.54) is 82.8 Å². The minimum atomic E-state index is 0.109. The normalized spacial score (nSPS) is 33.7. The van der Waals surface area contributed by atoms with E-state index in [1.54, 1.807) is 0 Å². The zero-order chi connectivity index (χ0) is 17.7. The summed E-state index contributed by atoms with van der Waals surface area (Å²) in [7, 11) is 0. The fraction of sp³-hybridized carbons (Fsp3) is 0.909. The van der Waals surface area contributed by atoms with Crippen molar-refractivity contribution in [3.63, 3.8) is 0 Å². The Morgan fingerprint density at radius 3 is 2.00 bits per heavy atom. The van der Waals surface area contributed by atoms with Crippen molar-refractivity contribution in [3.05, 3.63) is 0 Å². The second-order valence-electron chi connectivity index (χ2n) is 9.30. The predicted octanol–water partition coefficient (Wildman–Crippen LogP) is 5.84. The van der Waals surface area contributed by atoms with E-state index in [0.717, 1.165) is 24.2 Å². The van der Waals surface area contributed by atoms with Crippen LogP contribution in [0.15, 0.2) is 5.10 Å². The zero-order valence-corrected chi connectivity index (χ0v) is 16.5. The van der Waals surface area contributed by atoms with Crippen molar-refractivity contribution in [1.82, 2.24) is 5.43 Å². The van der Waals surface area contributed by atoms with E-state index in [-0.39, 0.29) is 5.91 Å². The molecule has 4 saturated carbocycles. The summed E-state index contributed by atoms with van der Waals surface area (Å²) >= 11 is 0. The van der Waals surface area contributed by atoms with Crippen LogP contribution >= 0.6 is 0 Å². The number of hydrazone groups is 1. The average Bonchev–Trinajstić information content (AvgIpc) is 2.57. The van der Waals surface area contributed by atoms with Crippen molar-refractivity contribution in [2.45, 2.75) is 104 Å². The molecule has 4 bridgehead atoms. The van der Waals surface area contributed by atoms with Crippen molar-refractivity contribution < 1.29 is 4.79 Å². The first kappa shape index (κ1) is 18.9. The lowest BCUT2D eigenvalue weighted by Gasteiger charge is -2.56. The number of carbonyl (C=O) groups excluding carboxylic acids is 1. The lowest BCUT2D eigenvalue weighted by molar-refractivity contribution is -0.121. The molecule has 0 unspecified atom stereocenters. The molecule has 142 valence electrons. The second-order valence-corrected chi connectivity index (χ2v) is 9.30. The lowest BCUT2D eigenvalue weighted by Crippen LogP contribution is -2.49. The van der Waals surface area contributed by atoms with Crippen molar-refractivity contribution in [2.75, 3.05) is 0 Å². The van der Waals surface area contributed by atoms with Gasteiger partial charge in [0, 0.05) is 17.5 Å². The predicted molar refractivity (Wildman–Crippen MR) is 104 cm³/mol. The molecular formula is C22H38N2O. The second kappa shape index (κ2) is 8.68. The Morgan fingerprint density at radius 2 is 1.44 bits per heavy atom. The first-order valence-electron chi connectivity index (χ1n) is 10.9. The van der Waals surface area contributed by atoms with Gasteiger partial charge < -0.3 is 0 Å². The minimum Gasteiger partial charge on any atom is -0.273 e. The summed E-state index contributed by atoms with van der Waals surface area (Å²) in [6.45, 7) is 4.41. The molecule has 1 amide bonds. The molecule has 0 spiro atoms. The van der Waals surface area contributed by atoms with Crippen molar-refractivity contribution in [2.24, 2.45) is 28.3 Å².